The summed E-state index contributed by atoms with van der Waals surface area (Å²) in [7, 11) is 0. The molecule has 0 N–H and O–H groups in total. The van der Waals surface area contributed by atoms with Crippen LogP contribution in [0.2, 0.25) is 0 Å². The van der Waals surface area contributed by atoms with Crippen LogP contribution >= 0.6 is 0 Å². The van der Waals surface area contributed by atoms with Crippen molar-refractivity contribution in [2.45, 2.75) is 45.7 Å². The van der Waals surface area contributed by atoms with Gasteiger partial charge in [-0.05, 0) is 64.1 Å². The molecule has 50 heavy (non-hydrogen) atoms. The second-order valence-electron chi connectivity index (χ2n) is 12.7. The van der Waals surface area contributed by atoms with Gasteiger partial charge in [0.15, 0.2) is 11.5 Å². The number of rotatable bonds is 10. The van der Waals surface area contributed by atoms with Gasteiger partial charge in [0.2, 0.25) is 0 Å². The Morgan fingerprint density at radius 2 is 1.20 bits per heavy atom. The highest BCUT2D eigenvalue weighted by Crippen LogP contribution is 2.43. The van der Waals surface area contributed by atoms with Gasteiger partial charge in [0.05, 0.1) is 6.54 Å². The minimum absolute atomic E-state index is 0.678. The van der Waals surface area contributed by atoms with Crippen molar-refractivity contribution in [3.8, 4) is 22.5 Å². The highest BCUT2D eigenvalue weighted by atomic mass is 15.6. The Balaban J connectivity index is 1.24. The highest BCUT2D eigenvalue weighted by molar-refractivity contribution is 5.81. The molecule has 0 amide bonds. The Morgan fingerprint density at radius 3 is 1.78 bits per heavy atom. The van der Waals surface area contributed by atoms with Gasteiger partial charge in [-0.3, -0.25) is 4.68 Å². The quantitative estimate of drug-likeness (QED) is 0.139. The van der Waals surface area contributed by atoms with Crippen molar-refractivity contribution >= 4 is 5.65 Å². The lowest BCUT2D eigenvalue weighted by molar-refractivity contribution is 0.451. The van der Waals surface area contributed by atoms with Crippen LogP contribution in [0.5, 0.6) is 0 Å². The average molecular weight is 655 g/mol. The molecule has 0 bridgehead atoms. The minimum Gasteiger partial charge on any atom is -0.263 e. The van der Waals surface area contributed by atoms with E-state index in [1.165, 1.54) is 16.8 Å². The molecule has 0 unspecified atom stereocenters. The first-order valence-electron chi connectivity index (χ1n) is 17.2. The third kappa shape index (κ3) is 5.20. The van der Waals surface area contributed by atoms with Crippen molar-refractivity contribution < 1.29 is 0 Å². The van der Waals surface area contributed by atoms with Crippen LogP contribution in [0, 0.1) is 13.8 Å². The molecule has 0 saturated carbocycles. The van der Waals surface area contributed by atoms with E-state index in [2.05, 4.69) is 145 Å². The molecule has 246 valence electrons. The van der Waals surface area contributed by atoms with Crippen LogP contribution in [0.3, 0.4) is 0 Å². The SMILES string of the molecule is CCCc1c(C)c2nc(C)nn2n1Cc1ccc(-c2ccccc2-c2nnnn2C(c2ccccc2)(c2ccccc2)c2ccccc2)cc1. The Labute approximate surface area is 291 Å². The Hall–Kier alpha value is -6.15. The summed E-state index contributed by atoms with van der Waals surface area (Å²) in [5, 5.41) is 18.6. The van der Waals surface area contributed by atoms with E-state index in [1.54, 1.807) is 0 Å². The molecule has 0 saturated heterocycles. The summed E-state index contributed by atoms with van der Waals surface area (Å²) in [5.74, 6) is 1.46. The number of fused-ring (bicyclic) bond motifs is 1. The van der Waals surface area contributed by atoms with Crippen LogP contribution in [0.4, 0.5) is 0 Å². The summed E-state index contributed by atoms with van der Waals surface area (Å²) in [6.07, 6.45) is 2.04. The zero-order valence-electron chi connectivity index (χ0n) is 28.5. The summed E-state index contributed by atoms with van der Waals surface area (Å²) >= 11 is 0. The van der Waals surface area contributed by atoms with E-state index < -0.39 is 5.54 Å². The second-order valence-corrected chi connectivity index (χ2v) is 12.7. The van der Waals surface area contributed by atoms with Crippen LogP contribution in [0.1, 0.15) is 52.7 Å². The molecule has 5 aromatic carbocycles. The smallest absolute Gasteiger partial charge is 0.184 e. The monoisotopic (exact) mass is 654 g/mol. The molecule has 8 heteroatoms. The van der Waals surface area contributed by atoms with E-state index in [-0.39, 0.29) is 0 Å². The van der Waals surface area contributed by atoms with E-state index >= 15 is 0 Å². The fourth-order valence-electron chi connectivity index (χ4n) is 7.34. The highest BCUT2D eigenvalue weighted by Gasteiger charge is 2.42. The van der Waals surface area contributed by atoms with Crippen LogP contribution < -0.4 is 0 Å². The van der Waals surface area contributed by atoms with E-state index in [0.717, 1.165) is 57.7 Å². The van der Waals surface area contributed by atoms with Gasteiger partial charge in [-0.1, -0.05) is 153 Å². The topological polar surface area (TPSA) is 78.7 Å². The molecule has 8 nitrogen and oxygen atoms in total. The van der Waals surface area contributed by atoms with Gasteiger partial charge in [0.25, 0.3) is 0 Å². The van der Waals surface area contributed by atoms with Crippen LogP contribution in [-0.2, 0) is 18.5 Å². The predicted molar refractivity (Wildman–Crippen MR) is 197 cm³/mol. The van der Waals surface area contributed by atoms with Gasteiger partial charge in [0.1, 0.15) is 11.4 Å². The van der Waals surface area contributed by atoms with Gasteiger partial charge in [-0.25, -0.2) is 9.67 Å². The normalized spacial score (nSPS) is 11.7. The van der Waals surface area contributed by atoms with Crippen molar-refractivity contribution in [2.24, 2.45) is 0 Å². The van der Waals surface area contributed by atoms with Crippen molar-refractivity contribution in [1.82, 2.24) is 39.6 Å². The summed E-state index contributed by atoms with van der Waals surface area (Å²) in [5.41, 5.74) is 10.0. The lowest BCUT2D eigenvalue weighted by Gasteiger charge is -2.36. The number of nitrogens with zero attached hydrogens (tertiary/aromatic N) is 8. The standard InChI is InChI=1S/C42H38N8/c1-4-16-39-30(2)40-43-31(3)45-50(40)48(39)29-32-25-27-33(28-26-32)37-23-14-15-24-38(37)41-44-46-47-49(41)42(34-17-8-5-9-18-34,35-19-10-6-11-20-35)36-21-12-7-13-22-36/h5-15,17-28H,4,16,29H2,1-3H3. The second kappa shape index (κ2) is 13.0. The fourth-order valence-corrected chi connectivity index (χ4v) is 7.34. The van der Waals surface area contributed by atoms with Gasteiger partial charge in [-0.15, -0.1) is 10.2 Å². The number of benzene rings is 5. The molecular formula is C42H38N8. The Kier molecular flexibility index (Phi) is 8.12. The lowest BCUT2D eigenvalue weighted by atomic mass is 9.77. The maximum Gasteiger partial charge on any atom is 0.184 e. The summed E-state index contributed by atoms with van der Waals surface area (Å²) in [6, 6.07) is 48.7. The average Bonchev–Trinajstić information content (AvgIpc) is 3.87. The molecule has 0 aliphatic rings. The van der Waals surface area contributed by atoms with Gasteiger partial charge >= 0.3 is 0 Å². The maximum absolute atomic E-state index is 4.78. The fraction of sp³-hybridized carbons (Fsp3) is 0.167. The molecule has 0 spiro atoms. The van der Waals surface area contributed by atoms with Crippen LogP contribution in [-0.4, -0.2) is 39.6 Å². The number of hydrogen-bond acceptors (Lipinski definition) is 5. The van der Waals surface area contributed by atoms with E-state index in [9.17, 15) is 0 Å². The van der Waals surface area contributed by atoms with Gasteiger partial charge in [-0.2, -0.15) is 4.63 Å². The lowest BCUT2D eigenvalue weighted by Crippen LogP contribution is -2.39. The van der Waals surface area contributed by atoms with Crippen LogP contribution in [0.25, 0.3) is 28.2 Å². The van der Waals surface area contributed by atoms with Gasteiger partial charge in [0, 0.05) is 16.8 Å². The zero-order chi connectivity index (χ0) is 34.1. The predicted octanol–water partition coefficient (Wildman–Crippen LogP) is 8.31. The Morgan fingerprint density at radius 1 is 0.640 bits per heavy atom. The van der Waals surface area contributed by atoms with Crippen molar-refractivity contribution in [3.63, 3.8) is 0 Å². The molecule has 0 aliphatic heterocycles. The molecule has 0 radical (unpaired) electrons. The summed E-state index contributed by atoms with van der Waals surface area (Å²) in [4.78, 5) is 4.70. The third-order valence-corrected chi connectivity index (χ3v) is 9.62. The largest absolute Gasteiger partial charge is 0.263 e. The molecule has 0 atom stereocenters. The molecule has 8 aromatic rings. The maximum atomic E-state index is 4.78. The first kappa shape index (κ1) is 31.1. The van der Waals surface area contributed by atoms with E-state index in [4.69, 9.17) is 20.4 Å². The van der Waals surface area contributed by atoms with Gasteiger partial charge < -0.3 is 0 Å². The minimum atomic E-state index is -0.838. The molecule has 0 aliphatic carbocycles. The molecule has 0 fully saturated rings. The molecule has 3 heterocycles. The van der Waals surface area contributed by atoms with Crippen LogP contribution in [0.15, 0.2) is 140 Å². The number of tetrazole rings is 1. The molecule has 3 aromatic heterocycles. The molecular weight excluding hydrogens is 617 g/mol. The first-order chi connectivity index (χ1) is 24.6. The first-order valence-corrected chi connectivity index (χ1v) is 17.2. The van der Waals surface area contributed by atoms with E-state index in [0.29, 0.717) is 12.4 Å². The van der Waals surface area contributed by atoms with Crippen molar-refractivity contribution in [2.75, 3.05) is 0 Å². The number of aromatic nitrogens is 8. The number of aryl methyl sites for hydroxylation is 2. The third-order valence-electron chi connectivity index (χ3n) is 9.62. The number of hydrogen-bond donors (Lipinski definition) is 0. The summed E-state index contributed by atoms with van der Waals surface area (Å²) < 4.78 is 6.23. The zero-order valence-corrected chi connectivity index (χ0v) is 28.5. The summed E-state index contributed by atoms with van der Waals surface area (Å²) in [6.45, 7) is 7.02. The van der Waals surface area contributed by atoms with E-state index in [1.807, 2.05) is 34.4 Å². The Bertz CT molecular complexity index is 2270. The van der Waals surface area contributed by atoms with Crippen molar-refractivity contribution in [3.05, 3.63) is 179 Å². The molecule has 8 rings (SSSR count). The van der Waals surface area contributed by atoms with Crippen molar-refractivity contribution in [1.29, 1.82) is 0 Å².